The number of aromatic nitrogens is 1. The van der Waals surface area contributed by atoms with Gasteiger partial charge in [0.15, 0.2) is 0 Å². The van der Waals surface area contributed by atoms with E-state index in [1.807, 2.05) is 66.9 Å². The number of hydrogen-bond acceptors (Lipinski definition) is 3. The average molecular weight is 360 g/mol. The summed E-state index contributed by atoms with van der Waals surface area (Å²) < 4.78 is 0. The van der Waals surface area contributed by atoms with E-state index in [0.29, 0.717) is 6.42 Å². The summed E-state index contributed by atoms with van der Waals surface area (Å²) in [4.78, 5) is 28.1. The van der Waals surface area contributed by atoms with Gasteiger partial charge in [0, 0.05) is 23.5 Å². The van der Waals surface area contributed by atoms with Crippen LogP contribution in [0.2, 0.25) is 0 Å². The predicted octanol–water partition coefficient (Wildman–Crippen LogP) is 2.08. The lowest BCUT2D eigenvalue weighted by Crippen LogP contribution is -2.48. The van der Waals surface area contributed by atoms with Crippen LogP contribution in [-0.2, 0) is 22.4 Å². The number of aromatic amines is 1. The molecule has 3 aromatic rings. The number of amides is 2. The molecule has 2 amide bonds. The number of fused-ring (bicyclic) bond motifs is 1. The predicted molar refractivity (Wildman–Crippen MR) is 103 cm³/mol. The van der Waals surface area contributed by atoms with Crippen LogP contribution in [0.5, 0.6) is 0 Å². The molecule has 6 heteroatoms. The fourth-order valence-corrected chi connectivity index (χ4v) is 3.01. The molecule has 0 bridgehead atoms. The van der Waals surface area contributed by atoms with E-state index in [9.17, 15) is 9.59 Å². The van der Waals surface area contributed by atoms with Crippen LogP contribution in [0, 0.1) is 11.3 Å². The molecule has 3 rings (SSSR count). The summed E-state index contributed by atoms with van der Waals surface area (Å²) in [6.45, 7) is -0.0948. The molecule has 136 valence electrons. The molecule has 6 nitrogen and oxygen atoms in total. The van der Waals surface area contributed by atoms with Crippen LogP contribution in [-0.4, -0.2) is 29.4 Å². The first-order valence-electron chi connectivity index (χ1n) is 8.70. The van der Waals surface area contributed by atoms with Crippen LogP contribution in [0.3, 0.4) is 0 Å². The minimum atomic E-state index is -0.738. The zero-order valence-electron chi connectivity index (χ0n) is 14.7. The number of rotatable bonds is 7. The van der Waals surface area contributed by atoms with E-state index in [2.05, 4.69) is 15.6 Å². The van der Waals surface area contributed by atoms with Crippen molar-refractivity contribution in [2.75, 3.05) is 6.54 Å². The monoisotopic (exact) mass is 360 g/mol. The van der Waals surface area contributed by atoms with E-state index < -0.39 is 6.04 Å². The highest BCUT2D eigenvalue weighted by Crippen LogP contribution is 2.18. The van der Waals surface area contributed by atoms with Gasteiger partial charge in [-0.15, -0.1) is 0 Å². The summed E-state index contributed by atoms with van der Waals surface area (Å²) in [6.07, 6.45) is 2.34. The fourth-order valence-electron chi connectivity index (χ4n) is 3.01. The Balaban J connectivity index is 1.71. The Labute approximate surface area is 157 Å². The van der Waals surface area contributed by atoms with Crippen molar-refractivity contribution in [1.29, 1.82) is 5.26 Å². The van der Waals surface area contributed by atoms with Crippen molar-refractivity contribution in [2.45, 2.75) is 18.9 Å². The quantitative estimate of drug-likeness (QED) is 0.563. The van der Waals surface area contributed by atoms with Crippen molar-refractivity contribution in [3.05, 3.63) is 71.9 Å². The van der Waals surface area contributed by atoms with Crippen LogP contribution in [0.25, 0.3) is 10.9 Å². The van der Waals surface area contributed by atoms with Crippen molar-refractivity contribution >= 4 is 22.7 Å². The fraction of sp³-hybridized carbons (Fsp3) is 0.190. The van der Waals surface area contributed by atoms with Crippen LogP contribution in [0.15, 0.2) is 60.8 Å². The molecule has 0 fully saturated rings. The summed E-state index contributed by atoms with van der Waals surface area (Å²) in [5, 5.41) is 15.0. The van der Waals surface area contributed by atoms with Crippen LogP contribution >= 0.6 is 0 Å². The van der Waals surface area contributed by atoms with Gasteiger partial charge >= 0.3 is 0 Å². The van der Waals surface area contributed by atoms with Gasteiger partial charge in [-0.1, -0.05) is 48.5 Å². The maximum absolute atomic E-state index is 12.6. The standard InChI is InChI=1S/C21H20N4O2/c22-10-11-23-21(27)19(12-15-6-2-1-3-7-15)25-20(26)13-16-14-24-18-9-5-4-8-17(16)18/h1-9,14,19,24H,11-13H2,(H,23,27)(H,25,26). The molecule has 1 atom stereocenters. The SMILES string of the molecule is N#CCNC(=O)C(Cc1ccccc1)NC(=O)Cc1c[nH]c2ccccc12. The molecule has 2 aromatic carbocycles. The Morgan fingerprint density at radius 3 is 2.59 bits per heavy atom. The molecule has 1 heterocycles. The third-order valence-electron chi connectivity index (χ3n) is 4.30. The minimum Gasteiger partial charge on any atom is -0.361 e. The maximum Gasteiger partial charge on any atom is 0.243 e. The van der Waals surface area contributed by atoms with E-state index in [1.165, 1.54) is 0 Å². The van der Waals surface area contributed by atoms with E-state index in [0.717, 1.165) is 22.0 Å². The van der Waals surface area contributed by atoms with Gasteiger partial charge in [0.2, 0.25) is 11.8 Å². The van der Waals surface area contributed by atoms with Crippen molar-refractivity contribution in [2.24, 2.45) is 0 Å². The van der Waals surface area contributed by atoms with Crippen molar-refractivity contribution in [3.63, 3.8) is 0 Å². The number of carbonyl (C=O) groups is 2. The molecule has 0 radical (unpaired) electrons. The smallest absolute Gasteiger partial charge is 0.243 e. The Kier molecular flexibility index (Phi) is 5.85. The molecule has 1 aromatic heterocycles. The highest BCUT2D eigenvalue weighted by molar-refractivity contribution is 5.92. The molecule has 1 unspecified atom stereocenters. The highest BCUT2D eigenvalue weighted by atomic mass is 16.2. The second-order valence-corrected chi connectivity index (χ2v) is 6.22. The Morgan fingerprint density at radius 1 is 1.07 bits per heavy atom. The van der Waals surface area contributed by atoms with Gasteiger partial charge in [-0.2, -0.15) is 5.26 Å². The first kappa shape index (κ1) is 18.2. The molecule has 0 spiro atoms. The van der Waals surface area contributed by atoms with Gasteiger partial charge < -0.3 is 15.6 Å². The normalized spacial score (nSPS) is 11.5. The number of nitrogens with zero attached hydrogens (tertiary/aromatic N) is 1. The van der Waals surface area contributed by atoms with Gasteiger partial charge in [0.25, 0.3) is 0 Å². The molecular formula is C21H20N4O2. The minimum absolute atomic E-state index is 0.0948. The molecule has 0 saturated heterocycles. The van der Waals surface area contributed by atoms with Crippen molar-refractivity contribution < 1.29 is 9.59 Å². The largest absolute Gasteiger partial charge is 0.361 e. The lowest BCUT2D eigenvalue weighted by Gasteiger charge is -2.18. The van der Waals surface area contributed by atoms with E-state index in [1.54, 1.807) is 0 Å². The number of para-hydroxylation sites is 1. The van der Waals surface area contributed by atoms with Gasteiger partial charge in [-0.3, -0.25) is 9.59 Å². The van der Waals surface area contributed by atoms with Gasteiger partial charge in [0.05, 0.1) is 12.5 Å². The summed E-state index contributed by atoms with van der Waals surface area (Å²) in [6, 6.07) is 18.3. The van der Waals surface area contributed by atoms with Gasteiger partial charge in [-0.05, 0) is 17.2 Å². The number of nitriles is 1. The highest BCUT2D eigenvalue weighted by Gasteiger charge is 2.21. The Morgan fingerprint density at radius 2 is 1.81 bits per heavy atom. The second-order valence-electron chi connectivity index (χ2n) is 6.22. The zero-order chi connectivity index (χ0) is 19.1. The van der Waals surface area contributed by atoms with Crippen molar-refractivity contribution in [1.82, 2.24) is 15.6 Å². The number of nitrogens with one attached hydrogen (secondary N) is 3. The molecule has 0 aliphatic rings. The van der Waals surface area contributed by atoms with Gasteiger partial charge in [0.1, 0.15) is 12.6 Å². The Hall–Kier alpha value is -3.59. The maximum atomic E-state index is 12.6. The second kappa shape index (κ2) is 8.68. The summed E-state index contributed by atoms with van der Waals surface area (Å²) in [7, 11) is 0. The molecule has 0 aliphatic carbocycles. The molecule has 0 saturated carbocycles. The summed E-state index contributed by atoms with van der Waals surface area (Å²) >= 11 is 0. The first-order chi connectivity index (χ1) is 13.2. The van der Waals surface area contributed by atoms with Crippen LogP contribution < -0.4 is 10.6 Å². The number of hydrogen-bond donors (Lipinski definition) is 3. The third kappa shape index (κ3) is 4.73. The third-order valence-corrected chi connectivity index (χ3v) is 4.30. The number of carbonyl (C=O) groups excluding carboxylic acids is 2. The summed E-state index contributed by atoms with van der Waals surface area (Å²) in [5.41, 5.74) is 2.77. The van der Waals surface area contributed by atoms with E-state index >= 15 is 0 Å². The summed E-state index contributed by atoms with van der Waals surface area (Å²) in [5.74, 6) is -0.611. The zero-order valence-corrected chi connectivity index (χ0v) is 14.7. The molecule has 3 N–H and O–H groups in total. The van der Waals surface area contributed by atoms with Crippen molar-refractivity contribution in [3.8, 4) is 6.07 Å². The van der Waals surface area contributed by atoms with Crippen LogP contribution in [0.4, 0.5) is 0 Å². The Bertz CT molecular complexity index is 973. The average Bonchev–Trinajstić information content (AvgIpc) is 3.09. The van der Waals surface area contributed by atoms with Gasteiger partial charge in [-0.25, -0.2) is 0 Å². The number of benzene rings is 2. The van der Waals surface area contributed by atoms with E-state index in [-0.39, 0.29) is 24.8 Å². The molecule has 27 heavy (non-hydrogen) atoms. The van der Waals surface area contributed by atoms with Crippen LogP contribution in [0.1, 0.15) is 11.1 Å². The number of H-pyrrole nitrogens is 1. The lowest BCUT2D eigenvalue weighted by molar-refractivity contribution is -0.128. The molecular weight excluding hydrogens is 340 g/mol. The first-order valence-corrected chi connectivity index (χ1v) is 8.70. The topological polar surface area (TPSA) is 97.8 Å². The van der Waals surface area contributed by atoms with E-state index in [4.69, 9.17) is 5.26 Å². The molecule has 0 aliphatic heterocycles. The lowest BCUT2D eigenvalue weighted by atomic mass is 10.0.